The van der Waals surface area contributed by atoms with Crippen LogP contribution in [-0.4, -0.2) is 16.9 Å². The van der Waals surface area contributed by atoms with Crippen molar-refractivity contribution in [1.29, 1.82) is 0 Å². The molecule has 1 N–H and O–H groups in total. The van der Waals surface area contributed by atoms with Gasteiger partial charge in [0.25, 0.3) is 0 Å². The minimum atomic E-state index is -0.334. The van der Waals surface area contributed by atoms with E-state index in [4.69, 9.17) is 4.74 Å². The Morgan fingerprint density at radius 3 is 2.86 bits per heavy atom. The summed E-state index contributed by atoms with van der Waals surface area (Å²) in [5.74, 6) is -0.0633. The molecule has 0 aliphatic heterocycles. The normalized spacial score (nSPS) is 12.4. The Morgan fingerprint density at radius 2 is 2.19 bits per heavy atom. The van der Waals surface area contributed by atoms with Crippen LogP contribution in [0, 0.1) is 5.82 Å². The highest BCUT2D eigenvalue weighted by atomic mass is 19.1. The lowest BCUT2D eigenvalue weighted by Crippen LogP contribution is -2.20. The molecule has 0 aliphatic carbocycles. The van der Waals surface area contributed by atoms with Crippen LogP contribution < -0.4 is 10.1 Å². The zero-order valence-electron chi connectivity index (χ0n) is 12.8. The number of hydrogen-bond donors (Lipinski definition) is 1. The second kappa shape index (κ2) is 7.22. The van der Waals surface area contributed by atoms with Gasteiger partial charge in [-0.25, -0.2) is 4.39 Å². The second-order valence-corrected chi connectivity index (χ2v) is 5.04. The van der Waals surface area contributed by atoms with Crippen LogP contribution in [0.2, 0.25) is 0 Å². The summed E-state index contributed by atoms with van der Waals surface area (Å²) in [6, 6.07) is 7.10. The van der Waals surface area contributed by atoms with E-state index in [2.05, 4.69) is 17.3 Å². The number of halogens is 1. The molecule has 0 fully saturated rings. The van der Waals surface area contributed by atoms with Gasteiger partial charge in [-0.1, -0.05) is 13.0 Å². The highest BCUT2D eigenvalue weighted by Crippen LogP contribution is 2.21. The van der Waals surface area contributed by atoms with E-state index in [0.717, 1.165) is 24.2 Å². The molecule has 5 heteroatoms. The third kappa shape index (κ3) is 3.82. The first-order valence-corrected chi connectivity index (χ1v) is 7.23. The summed E-state index contributed by atoms with van der Waals surface area (Å²) >= 11 is 0. The minimum absolute atomic E-state index is 0.0513. The number of nitrogens with zero attached hydrogens (tertiary/aromatic N) is 2. The van der Waals surface area contributed by atoms with Crippen LogP contribution >= 0.6 is 0 Å². The Hall–Kier alpha value is -1.88. The molecule has 114 valence electrons. The number of hydrogen-bond acceptors (Lipinski definition) is 3. The van der Waals surface area contributed by atoms with E-state index in [1.54, 1.807) is 6.07 Å². The van der Waals surface area contributed by atoms with Crippen molar-refractivity contribution in [3.05, 3.63) is 47.5 Å². The molecule has 2 aromatic rings. The van der Waals surface area contributed by atoms with Crippen molar-refractivity contribution in [2.45, 2.75) is 39.4 Å². The van der Waals surface area contributed by atoms with Gasteiger partial charge in [-0.3, -0.25) is 4.68 Å². The molecule has 2 rings (SSSR count). The van der Waals surface area contributed by atoms with Crippen LogP contribution in [0.4, 0.5) is 4.39 Å². The van der Waals surface area contributed by atoms with E-state index >= 15 is 0 Å². The van der Waals surface area contributed by atoms with Gasteiger partial charge in [0, 0.05) is 25.3 Å². The van der Waals surface area contributed by atoms with Gasteiger partial charge >= 0.3 is 0 Å². The van der Waals surface area contributed by atoms with Crippen LogP contribution in [0.15, 0.2) is 30.5 Å². The molecular formula is C16H22FN3O. The van der Waals surface area contributed by atoms with E-state index in [-0.39, 0.29) is 17.6 Å². The number of ether oxygens (including phenoxy) is 1. The Kier molecular flexibility index (Phi) is 5.33. The molecule has 0 saturated heterocycles. The number of aryl methyl sites for hydroxylation is 1. The lowest BCUT2D eigenvalue weighted by atomic mass is 10.1. The van der Waals surface area contributed by atoms with Crippen LogP contribution in [0.3, 0.4) is 0 Å². The van der Waals surface area contributed by atoms with Gasteiger partial charge < -0.3 is 10.1 Å². The molecule has 0 amide bonds. The fourth-order valence-corrected chi connectivity index (χ4v) is 2.25. The summed E-state index contributed by atoms with van der Waals surface area (Å²) in [4.78, 5) is 0. The summed E-state index contributed by atoms with van der Waals surface area (Å²) in [5, 5.41) is 7.69. The molecule has 21 heavy (non-hydrogen) atoms. The Bertz CT molecular complexity index is 583. The Morgan fingerprint density at radius 1 is 1.38 bits per heavy atom. The molecular weight excluding hydrogens is 269 g/mol. The largest absolute Gasteiger partial charge is 0.494 e. The minimum Gasteiger partial charge on any atom is -0.494 e. The predicted molar refractivity (Wildman–Crippen MR) is 80.7 cm³/mol. The average Bonchev–Trinajstić information content (AvgIpc) is 2.92. The SMILES string of the molecule is CCCn1nccc1CNC(C)c1ccc(OC)c(F)c1. The molecule has 1 unspecified atom stereocenters. The maximum atomic E-state index is 13.7. The van der Waals surface area contributed by atoms with E-state index < -0.39 is 0 Å². The van der Waals surface area contributed by atoms with Crippen LogP contribution in [0.1, 0.15) is 37.6 Å². The number of aromatic nitrogens is 2. The molecule has 1 aromatic heterocycles. The smallest absolute Gasteiger partial charge is 0.165 e. The maximum absolute atomic E-state index is 13.7. The van der Waals surface area contributed by atoms with Crippen LogP contribution in [0.25, 0.3) is 0 Å². The standard InChI is InChI=1S/C16H22FN3O/c1-4-9-20-14(7-8-19-20)11-18-12(2)13-5-6-16(21-3)15(17)10-13/h5-8,10,12,18H,4,9,11H2,1-3H3. The lowest BCUT2D eigenvalue weighted by molar-refractivity contribution is 0.385. The number of rotatable bonds is 7. The van der Waals surface area contributed by atoms with Crippen LogP contribution in [0.5, 0.6) is 5.75 Å². The molecule has 4 nitrogen and oxygen atoms in total. The van der Waals surface area contributed by atoms with Crippen molar-refractivity contribution in [3.8, 4) is 5.75 Å². The van der Waals surface area contributed by atoms with Gasteiger partial charge in [-0.2, -0.15) is 5.10 Å². The zero-order chi connectivity index (χ0) is 15.2. The molecule has 0 saturated carbocycles. The number of nitrogens with one attached hydrogen (secondary N) is 1. The third-order valence-electron chi connectivity index (χ3n) is 3.51. The topological polar surface area (TPSA) is 39.1 Å². The van der Waals surface area contributed by atoms with Crippen molar-refractivity contribution < 1.29 is 9.13 Å². The van der Waals surface area contributed by atoms with Crippen molar-refractivity contribution in [2.24, 2.45) is 0 Å². The van der Waals surface area contributed by atoms with Gasteiger partial charge in [-0.15, -0.1) is 0 Å². The highest BCUT2D eigenvalue weighted by molar-refractivity contribution is 5.30. The fourth-order valence-electron chi connectivity index (χ4n) is 2.25. The van der Waals surface area contributed by atoms with Crippen molar-refractivity contribution in [1.82, 2.24) is 15.1 Å². The van der Waals surface area contributed by atoms with Gasteiger partial charge in [0.1, 0.15) is 0 Å². The molecule has 0 aliphatic rings. The van der Waals surface area contributed by atoms with Gasteiger partial charge in [0.05, 0.1) is 12.8 Å². The second-order valence-electron chi connectivity index (χ2n) is 5.04. The summed E-state index contributed by atoms with van der Waals surface area (Å²) in [6.45, 7) is 5.76. The molecule has 1 heterocycles. The van der Waals surface area contributed by atoms with E-state index in [1.807, 2.05) is 29.9 Å². The zero-order valence-corrected chi connectivity index (χ0v) is 12.8. The van der Waals surface area contributed by atoms with Crippen molar-refractivity contribution in [3.63, 3.8) is 0 Å². The van der Waals surface area contributed by atoms with Gasteiger partial charge in [0.2, 0.25) is 0 Å². The van der Waals surface area contributed by atoms with Gasteiger partial charge in [-0.05, 0) is 37.1 Å². The van der Waals surface area contributed by atoms with Crippen LogP contribution in [-0.2, 0) is 13.1 Å². The van der Waals surface area contributed by atoms with E-state index in [9.17, 15) is 4.39 Å². The molecule has 0 spiro atoms. The summed E-state index contributed by atoms with van der Waals surface area (Å²) in [6.07, 6.45) is 2.86. The molecule has 1 aromatic carbocycles. The Labute approximate surface area is 124 Å². The first-order valence-electron chi connectivity index (χ1n) is 7.23. The highest BCUT2D eigenvalue weighted by Gasteiger charge is 2.10. The fraction of sp³-hybridized carbons (Fsp3) is 0.438. The summed E-state index contributed by atoms with van der Waals surface area (Å²) in [7, 11) is 1.47. The number of methoxy groups -OCH3 is 1. The molecule has 0 bridgehead atoms. The summed E-state index contributed by atoms with van der Waals surface area (Å²) < 4.78 is 20.7. The molecule has 1 atom stereocenters. The molecule has 0 radical (unpaired) electrons. The summed E-state index contributed by atoms with van der Waals surface area (Å²) in [5.41, 5.74) is 2.03. The maximum Gasteiger partial charge on any atom is 0.165 e. The monoisotopic (exact) mass is 291 g/mol. The first-order chi connectivity index (χ1) is 10.2. The van der Waals surface area contributed by atoms with Gasteiger partial charge in [0.15, 0.2) is 11.6 Å². The first kappa shape index (κ1) is 15.5. The van der Waals surface area contributed by atoms with Crippen molar-refractivity contribution in [2.75, 3.05) is 7.11 Å². The Balaban J connectivity index is 1.99. The average molecular weight is 291 g/mol. The number of benzene rings is 1. The quantitative estimate of drug-likeness (QED) is 0.851. The van der Waals surface area contributed by atoms with E-state index in [1.165, 1.54) is 13.2 Å². The lowest BCUT2D eigenvalue weighted by Gasteiger charge is -2.16. The predicted octanol–water partition coefficient (Wildman–Crippen LogP) is 3.29. The van der Waals surface area contributed by atoms with Crippen molar-refractivity contribution >= 4 is 0 Å². The third-order valence-corrected chi connectivity index (χ3v) is 3.51. The van der Waals surface area contributed by atoms with E-state index in [0.29, 0.717) is 6.54 Å².